The molecule has 0 N–H and O–H groups in total. The molecule has 0 unspecified atom stereocenters. The number of aromatic nitrogens is 3. The average molecular weight is 440 g/mol. The third-order valence-corrected chi connectivity index (χ3v) is 7.04. The van der Waals surface area contributed by atoms with E-state index in [1.54, 1.807) is 4.68 Å². The molecule has 1 saturated carbocycles. The van der Waals surface area contributed by atoms with Crippen LogP contribution in [-0.4, -0.2) is 29.4 Å². The van der Waals surface area contributed by atoms with Gasteiger partial charge < -0.3 is 9.47 Å². The molecule has 1 aliphatic rings. The van der Waals surface area contributed by atoms with Crippen LogP contribution in [0, 0.1) is 0 Å². The van der Waals surface area contributed by atoms with Crippen LogP contribution >= 0.6 is 0 Å². The van der Waals surface area contributed by atoms with Crippen molar-refractivity contribution >= 4 is 8.07 Å². The maximum Gasteiger partial charge on any atom is 0.188 e. The molecular formula is C24H30FN3O2Si. The van der Waals surface area contributed by atoms with Gasteiger partial charge in [-0.15, -0.1) is 5.10 Å². The van der Waals surface area contributed by atoms with Crippen molar-refractivity contribution in [3.8, 4) is 17.1 Å². The molecule has 2 aromatic carbocycles. The van der Waals surface area contributed by atoms with E-state index in [9.17, 15) is 4.39 Å². The van der Waals surface area contributed by atoms with Crippen LogP contribution in [-0.2, 0) is 23.7 Å². The van der Waals surface area contributed by atoms with E-state index in [1.165, 1.54) is 0 Å². The molecule has 1 fully saturated rings. The lowest BCUT2D eigenvalue weighted by Gasteiger charge is -2.15. The Morgan fingerprint density at radius 1 is 1.03 bits per heavy atom. The van der Waals surface area contributed by atoms with Crippen LogP contribution in [0.5, 0.6) is 5.75 Å². The fourth-order valence-corrected chi connectivity index (χ4v) is 3.90. The molecule has 7 heteroatoms. The summed E-state index contributed by atoms with van der Waals surface area (Å²) in [5.74, 6) is 1.66. The van der Waals surface area contributed by atoms with Crippen molar-refractivity contribution in [2.45, 2.75) is 57.5 Å². The van der Waals surface area contributed by atoms with Gasteiger partial charge in [-0.25, -0.2) is 14.1 Å². The van der Waals surface area contributed by atoms with Gasteiger partial charge in [-0.05, 0) is 48.7 Å². The molecule has 0 amide bonds. The molecule has 31 heavy (non-hydrogen) atoms. The van der Waals surface area contributed by atoms with Crippen LogP contribution in [0.25, 0.3) is 11.4 Å². The molecule has 4 rings (SSSR count). The van der Waals surface area contributed by atoms with Crippen LogP contribution in [0.1, 0.15) is 24.2 Å². The van der Waals surface area contributed by atoms with Gasteiger partial charge in [0, 0.05) is 20.2 Å². The second-order valence-corrected chi connectivity index (χ2v) is 15.0. The van der Waals surface area contributed by atoms with Crippen LogP contribution in [0.4, 0.5) is 4.39 Å². The number of benzene rings is 2. The first-order valence-electron chi connectivity index (χ1n) is 10.8. The summed E-state index contributed by atoms with van der Waals surface area (Å²) in [5.41, 5.74) is 0.602. The van der Waals surface area contributed by atoms with Crippen LogP contribution in [0.15, 0.2) is 54.6 Å². The zero-order valence-electron chi connectivity index (χ0n) is 18.5. The Morgan fingerprint density at radius 2 is 1.74 bits per heavy atom. The minimum absolute atomic E-state index is 0.265. The summed E-state index contributed by atoms with van der Waals surface area (Å²) in [6, 6.07) is 18.8. The highest BCUT2D eigenvalue weighted by Crippen LogP contribution is 2.48. The molecule has 0 atom stereocenters. The van der Waals surface area contributed by atoms with E-state index < -0.39 is 13.7 Å². The third-order valence-electron chi connectivity index (χ3n) is 5.33. The number of alkyl halides is 1. The van der Waals surface area contributed by atoms with E-state index >= 15 is 0 Å². The molecule has 0 aliphatic heterocycles. The zero-order chi connectivity index (χ0) is 21.9. The lowest BCUT2D eigenvalue weighted by Crippen LogP contribution is -2.22. The third kappa shape index (κ3) is 5.80. The van der Waals surface area contributed by atoms with E-state index in [2.05, 4.69) is 29.7 Å². The quantitative estimate of drug-likeness (QED) is 0.296. The van der Waals surface area contributed by atoms with E-state index in [0.29, 0.717) is 31.9 Å². The van der Waals surface area contributed by atoms with Gasteiger partial charge in [-0.2, -0.15) is 0 Å². The molecule has 0 saturated heterocycles. The monoisotopic (exact) mass is 439 g/mol. The highest BCUT2D eigenvalue weighted by molar-refractivity contribution is 6.76. The topological polar surface area (TPSA) is 49.2 Å². The Bertz CT molecular complexity index is 996. The van der Waals surface area contributed by atoms with Crippen LogP contribution < -0.4 is 4.74 Å². The molecular weight excluding hydrogens is 409 g/mol. The van der Waals surface area contributed by atoms with Gasteiger partial charge >= 0.3 is 0 Å². The molecule has 0 bridgehead atoms. The molecule has 0 spiro atoms. The zero-order valence-corrected chi connectivity index (χ0v) is 19.5. The van der Waals surface area contributed by atoms with Crippen molar-refractivity contribution in [2.24, 2.45) is 0 Å². The Morgan fingerprint density at radius 3 is 2.39 bits per heavy atom. The van der Waals surface area contributed by atoms with E-state index in [-0.39, 0.29) is 12.6 Å². The summed E-state index contributed by atoms with van der Waals surface area (Å²) >= 11 is 0. The highest BCUT2D eigenvalue weighted by Gasteiger charge is 2.49. The van der Waals surface area contributed by atoms with Crippen molar-refractivity contribution in [1.82, 2.24) is 14.8 Å². The normalized spacial score (nSPS) is 15.1. The number of hydrogen-bond donors (Lipinski definition) is 0. The van der Waals surface area contributed by atoms with Crippen molar-refractivity contribution < 1.29 is 13.9 Å². The van der Waals surface area contributed by atoms with E-state index in [4.69, 9.17) is 9.47 Å². The van der Waals surface area contributed by atoms with Crippen LogP contribution in [0.3, 0.4) is 0 Å². The Balaban J connectivity index is 1.46. The van der Waals surface area contributed by atoms with Gasteiger partial charge in [0.25, 0.3) is 0 Å². The molecule has 0 radical (unpaired) electrons. The highest BCUT2D eigenvalue weighted by atomic mass is 28.3. The lowest BCUT2D eigenvalue weighted by atomic mass is 10.2. The Hall–Kier alpha value is -2.51. The molecule has 5 nitrogen and oxygen atoms in total. The summed E-state index contributed by atoms with van der Waals surface area (Å²) in [6.45, 7) is 8.41. The van der Waals surface area contributed by atoms with Crippen molar-refractivity contribution in [2.75, 3.05) is 6.61 Å². The average Bonchev–Trinajstić information content (AvgIpc) is 3.35. The molecule has 1 heterocycles. The number of nitrogens with zero attached hydrogens (tertiary/aromatic N) is 3. The Kier molecular flexibility index (Phi) is 6.25. The first-order chi connectivity index (χ1) is 14.8. The smallest absolute Gasteiger partial charge is 0.188 e. The summed E-state index contributed by atoms with van der Waals surface area (Å²) in [4.78, 5) is 4.53. The maximum absolute atomic E-state index is 14.6. The molecule has 3 aromatic rings. The van der Waals surface area contributed by atoms with Gasteiger partial charge in [-0.3, -0.25) is 0 Å². The predicted octanol–water partition coefficient (Wildman–Crippen LogP) is 5.80. The first kappa shape index (κ1) is 21.7. The van der Waals surface area contributed by atoms with Crippen molar-refractivity contribution in [3.05, 3.63) is 66.0 Å². The fraction of sp³-hybridized carbons (Fsp3) is 0.417. The minimum Gasteiger partial charge on any atom is -0.489 e. The molecule has 1 aliphatic carbocycles. The standard InChI is InChI=1S/C24H30FN3O2Si/c1-31(2,3)16-15-29-18-28-22(26-23(27-28)24(25)13-14-24)20-9-11-21(12-10-20)30-17-19-7-5-4-6-8-19/h4-12H,13-18H2,1-3H3. The lowest BCUT2D eigenvalue weighted by molar-refractivity contribution is 0.0788. The second-order valence-electron chi connectivity index (χ2n) is 9.37. The van der Waals surface area contributed by atoms with Crippen molar-refractivity contribution in [3.63, 3.8) is 0 Å². The van der Waals surface area contributed by atoms with Gasteiger partial charge in [0.15, 0.2) is 17.3 Å². The fourth-order valence-electron chi connectivity index (χ4n) is 3.14. The van der Waals surface area contributed by atoms with Gasteiger partial charge in [0.05, 0.1) is 0 Å². The summed E-state index contributed by atoms with van der Waals surface area (Å²) in [7, 11) is -1.17. The van der Waals surface area contributed by atoms with E-state index in [1.807, 2.05) is 54.6 Å². The predicted molar refractivity (Wildman–Crippen MR) is 122 cm³/mol. The number of halogens is 1. The Labute approximate surface area is 184 Å². The van der Waals surface area contributed by atoms with Gasteiger partial charge in [-0.1, -0.05) is 50.0 Å². The van der Waals surface area contributed by atoms with Gasteiger partial charge in [0.2, 0.25) is 0 Å². The SMILES string of the molecule is C[Si](C)(C)CCOCn1nc(C2(F)CC2)nc1-c1ccc(OCc2ccccc2)cc1. The number of rotatable bonds is 10. The number of ether oxygens (including phenoxy) is 2. The molecule has 164 valence electrons. The van der Waals surface area contributed by atoms with E-state index in [0.717, 1.165) is 22.9 Å². The largest absolute Gasteiger partial charge is 0.489 e. The number of hydrogen-bond acceptors (Lipinski definition) is 4. The summed E-state index contributed by atoms with van der Waals surface area (Å²) in [6.07, 6.45) is 0.971. The summed E-state index contributed by atoms with van der Waals surface area (Å²) < 4.78 is 28.0. The first-order valence-corrected chi connectivity index (χ1v) is 14.5. The van der Waals surface area contributed by atoms with Gasteiger partial charge in [0.1, 0.15) is 19.1 Å². The van der Waals surface area contributed by atoms with Crippen LogP contribution in [0.2, 0.25) is 25.7 Å². The molecule has 1 aromatic heterocycles. The summed E-state index contributed by atoms with van der Waals surface area (Å²) in [5, 5.41) is 4.44. The minimum atomic E-state index is -1.38. The maximum atomic E-state index is 14.6. The van der Waals surface area contributed by atoms with Crippen molar-refractivity contribution in [1.29, 1.82) is 0 Å². The second kappa shape index (κ2) is 8.92.